The topological polar surface area (TPSA) is 17.8 Å². The summed E-state index contributed by atoms with van der Waals surface area (Å²) in [6.45, 7) is 7.44. The maximum absolute atomic E-state index is 13.6. The summed E-state index contributed by atoms with van der Waals surface area (Å²) in [5.74, 6) is 0. The third-order valence-corrected chi connectivity index (χ3v) is 1.94. The van der Waals surface area contributed by atoms with Gasteiger partial charge in [0.05, 0.1) is 0 Å². The molecule has 14 heavy (non-hydrogen) atoms. The van der Waals surface area contributed by atoms with Crippen LogP contribution in [0.15, 0.2) is 24.9 Å². The van der Waals surface area contributed by atoms with E-state index in [1.165, 1.54) is 6.08 Å². The Hall–Kier alpha value is -1.38. The summed E-state index contributed by atoms with van der Waals surface area (Å²) in [5, 5.41) is 4.08. The van der Waals surface area contributed by atoms with Crippen molar-refractivity contribution in [1.29, 1.82) is 0 Å². The highest BCUT2D eigenvalue weighted by Gasteiger charge is 2.15. The molecule has 0 N–H and O–H groups in total. The number of rotatable bonds is 3. The molecular weight excluding hydrogens is 179 g/mol. The maximum Gasteiger partial charge on any atom is 0.163 e. The van der Waals surface area contributed by atoms with E-state index in [2.05, 4.69) is 11.7 Å². The van der Waals surface area contributed by atoms with Gasteiger partial charge in [-0.05, 0) is 25.5 Å². The zero-order valence-electron chi connectivity index (χ0n) is 8.79. The van der Waals surface area contributed by atoms with Crippen LogP contribution in [0.25, 0.3) is 5.57 Å². The number of halogens is 1. The van der Waals surface area contributed by atoms with Gasteiger partial charge in [-0.15, -0.1) is 0 Å². The van der Waals surface area contributed by atoms with Crippen LogP contribution in [0.5, 0.6) is 0 Å². The van der Waals surface area contributed by atoms with E-state index in [-0.39, 0.29) is 0 Å². The average molecular weight is 194 g/mol. The van der Waals surface area contributed by atoms with Crippen LogP contribution in [0.4, 0.5) is 4.39 Å². The Labute approximate surface area is 83.7 Å². The molecule has 1 rings (SSSR count). The predicted molar refractivity (Wildman–Crippen MR) is 56.6 cm³/mol. The Kier molecular flexibility index (Phi) is 3.23. The predicted octanol–water partition coefficient (Wildman–Crippen LogP) is 3.04. The Bertz CT molecular complexity index is 363. The largest absolute Gasteiger partial charge is 0.275 e. The van der Waals surface area contributed by atoms with Crippen LogP contribution in [-0.4, -0.2) is 9.78 Å². The summed E-state index contributed by atoms with van der Waals surface area (Å²) < 4.78 is 15.2. The van der Waals surface area contributed by atoms with Gasteiger partial charge in [0.2, 0.25) is 0 Å². The SMILES string of the molecule is C=C(C)c1cn(C)nc1C(F)C=CC. The summed E-state index contributed by atoms with van der Waals surface area (Å²) in [5.41, 5.74) is 2.07. The fourth-order valence-electron chi connectivity index (χ4n) is 1.30. The lowest BCUT2D eigenvalue weighted by Gasteiger charge is -2.02. The van der Waals surface area contributed by atoms with Crippen molar-refractivity contribution in [3.05, 3.63) is 36.2 Å². The Morgan fingerprint density at radius 2 is 2.36 bits per heavy atom. The number of allylic oxidation sites excluding steroid dienone is 3. The molecule has 1 unspecified atom stereocenters. The molecule has 1 atom stereocenters. The molecule has 0 aliphatic rings. The number of aryl methyl sites for hydroxylation is 1. The minimum Gasteiger partial charge on any atom is -0.275 e. The molecule has 0 fully saturated rings. The van der Waals surface area contributed by atoms with Crippen molar-refractivity contribution < 1.29 is 4.39 Å². The van der Waals surface area contributed by atoms with Crippen LogP contribution in [0.2, 0.25) is 0 Å². The molecule has 0 aliphatic heterocycles. The molecule has 0 saturated carbocycles. The van der Waals surface area contributed by atoms with Gasteiger partial charge in [0, 0.05) is 18.8 Å². The van der Waals surface area contributed by atoms with Gasteiger partial charge in [0.15, 0.2) is 6.17 Å². The molecule has 0 saturated heterocycles. The standard InChI is InChI=1S/C11H15FN2/c1-5-6-10(12)11-9(8(2)3)7-14(4)13-11/h5-7,10H,2H2,1,3-4H3. The van der Waals surface area contributed by atoms with E-state index in [4.69, 9.17) is 0 Å². The normalized spacial score (nSPS) is 13.4. The van der Waals surface area contributed by atoms with Crippen molar-refractivity contribution in [2.45, 2.75) is 20.0 Å². The van der Waals surface area contributed by atoms with E-state index < -0.39 is 6.17 Å². The molecule has 1 heterocycles. The first-order chi connectivity index (χ1) is 6.56. The van der Waals surface area contributed by atoms with Gasteiger partial charge in [-0.25, -0.2) is 4.39 Å². The van der Waals surface area contributed by atoms with Crippen molar-refractivity contribution >= 4 is 5.57 Å². The van der Waals surface area contributed by atoms with E-state index in [0.29, 0.717) is 5.69 Å². The van der Waals surface area contributed by atoms with Gasteiger partial charge in [-0.1, -0.05) is 12.7 Å². The van der Waals surface area contributed by atoms with Crippen LogP contribution in [0.1, 0.15) is 31.3 Å². The van der Waals surface area contributed by atoms with E-state index in [1.54, 1.807) is 30.9 Å². The summed E-state index contributed by atoms with van der Waals surface area (Å²) in [7, 11) is 1.78. The molecule has 0 bridgehead atoms. The third kappa shape index (κ3) is 2.10. The Morgan fingerprint density at radius 3 is 2.86 bits per heavy atom. The lowest BCUT2D eigenvalue weighted by Crippen LogP contribution is -1.94. The number of alkyl halides is 1. The zero-order valence-corrected chi connectivity index (χ0v) is 8.79. The summed E-state index contributed by atoms with van der Waals surface area (Å²) in [6, 6.07) is 0. The lowest BCUT2D eigenvalue weighted by atomic mass is 10.1. The molecular formula is C11H15FN2. The van der Waals surface area contributed by atoms with Crippen LogP contribution in [-0.2, 0) is 7.05 Å². The number of nitrogens with zero attached hydrogens (tertiary/aromatic N) is 2. The van der Waals surface area contributed by atoms with E-state index in [1.807, 2.05) is 6.92 Å². The zero-order chi connectivity index (χ0) is 10.7. The average Bonchev–Trinajstić information content (AvgIpc) is 2.48. The van der Waals surface area contributed by atoms with Crippen molar-refractivity contribution in [1.82, 2.24) is 9.78 Å². The Morgan fingerprint density at radius 1 is 1.71 bits per heavy atom. The maximum atomic E-state index is 13.6. The van der Waals surface area contributed by atoms with E-state index >= 15 is 0 Å². The van der Waals surface area contributed by atoms with Crippen molar-refractivity contribution in [2.24, 2.45) is 7.05 Å². The quantitative estimate of drug-likeness (QED) is 0.676. The van der Waals surface area contributed by atoms with Gasteiger partial charge < -0.3 is 0 Å². The van der Waals surface area contributed by atoms with Gasteiger partial charge in [0.25, 0.3) is 0 Å². The first-order valence-electron chi connectivity index (χ1n) is 4.52. The Balaban J connectivity index is 3.12. The second-order valence-corrected chi connectivity index (χ2v) is 3.31. The minimum absolute atomic E-state index is 0.443. The summed E-state index contributed by atoms with van der Waals surface area (Å²) >= 11 is 0. The second kappa shape index (κ2) is 4.22. The van der Waals surface area contributed by atoms with E-state index in [9.17, 15) is 4.39 Å². The van der Waals surface area contributed by atoms with Gasteiger partial charge in [-0.3, -0.25) is 4.68 Å². The van der Waals surface area contributed by atoms with E-state index in [0.717, 1.165) is 11.1 Å². The van der Waals surface area contributed by atoms with Crippen molar-refractivity contribution in [3.8, 4) is 0 Å². The third-order valence-electron chi connectivity index (χ3n) is 1.94. The highest BCUT2D eigenvalue weighted by Crippen LogP contribution is 2.25. The first-order valence-corrected chi connectivity index (χ1v) is 4.52. The van der Waals surface area contributed by atoms with Gasteiger partial charge >= 0.3 is 0 Å². The highest BCUT2D eigenvalue weighted by molar-refractivity contribution is 5.63. The molecule has 2 nitrogen and oxygen atoms in total. The number of aromatic nitrogens is 2. The van der Waals surface area contributed by atoms with Crippen molar-refractivity contribution in [2.75, 3.05) is 0 Å². The molecule has 76 valence electrons. The van der Waals surface area contributed by atoms with Gasteiger partial charge in [-0.2, -0.15) is 5.10 Å². The smallest absolute Gasteiger partial charge is 0.163 e. The fraction of sp³-hybridized carbons (Fsp3) is 0.364. The number of hydrogen-bond acceptors (Lipinski definition) is 1. The molecule has 1 aromatic rings. The molecule has 1 aromatic heterocycles. The molecule has 3 heteroatoms. The monoisotopic (exact) mass is 194 g/mol. The summed E-state index contributed by atoms with van der Waals surface area (Å²) in [4.78, 5) is 0. The molecule has 0 aliphatic carbocycles. The molecule has 0 spiro atoms. The highest BCUT2D eigenvalue weighted by atomic mass is 19.1. The van der Waals surface area contributed by atoms with Crippen LogP contribution >= 0.6 is 0 Å². The molecule has 0 radical (unpaired) electrons. The van der Waals surface area contributed by atoms with Crippen LogP contribution in [0, 0.1) is 0 Å². The van der Waals surface area contributed by atoms with Crippen LogP contribution < -0.4 is 0 Å². The fourth-order valence-corrected chi connectivity index (χ4v) is 1.30. The molecule has 0 amide bonds. The van der Waals surface area contributed by atoms with Crippen LogP contribution in [0.3, 0.4) is 0 Å². The minimum atomic E-state index is -1.15. The van der Waals surface area contributed by atoms with Crippen molar-refractivity contribution in [3.63, 3.8) is 0 Å². The molecule has 0 aromatic carbocycles. The lowest BCUT2D eigenvalue weighted by molar-refractivity contribution is 0.401. The second-order valence-electron chi connectivity index (χ2n) is 3.31. The number of hydrogen-bond donors (Lipinski definition) is 0. The summed E-state index contributed by atoms with van der Waals surface area (Å²) in [6.07, 6.45) is 3.80. The first kappa shape index (κ1) is 10.7. The van der Waals surface area contributed by atoms with Gasteiger partial charge in [0.1, 0.15) is 5.69 Å².